The normalized spacial score (nSPS) is 31.9. The van der Waals surface area contributed by atoms with Crippen LogP contribution in [-0.2, 0) is 4.79 Å². The second-order valence-corrected chi connectivity index (χ2v) is 4.68. The van der Waals surface area contributed by atoms with Crippen molar-refractivity contribution in [3.63, 3.8) is 0 Å². The van der Waals surface area contributed by atoms with Crippen molar-refractivity contribution in [3.8, 4) is 0 Å². The molecule has 0 aromatic rings. The van der Waals surface area contributed by atoms with Crippen LogP contribution in [0, 0.1) is 5.92 Å². The third kappa shape index (κ3) is 1.54. The lowest BCUT2D eigenvalue weighted by molar-refractivity contribution is -0.142. The maximum Gasteiger partial charge on any atom is 0.320 e. The van der Waals surface area contributed by atoms with Gasteiger partial charge in [0.2, 0.25) is 0 Å². The maximum atomic E-state index is 12.1. The fraction of sp³-hybridized carbons (Fsp3) is 0.818. The van der Waals surface area contributed by atoms with E-state index in [2.05, 4.69) is 0 Å². The van der Waals surface area contributed by atoms with Gasteiger partial charge in [-0.3, -0.25) is 4.79 Å². The molecule has 5 nitrogen and oxygen atoms in total. The molecule has 1 N–H and O–H groups in total. The molecule has 2 amide bonds. The van der Waals surface area contributed by atoms with Crippen molar-refractivity contribution in [3.05, 3.63) is 0 Å². The van der Waals surface area contributed by atoms with Crippen LogP contribution >= 0.6 is 0 Å². The van der Waals surface area contributed by atoms with Crippen molar-refractivity contribution in [2.24, 2.45) is 5.92 Å². The molecule has 3 atom stereocenters. The molecule has 2 heterocycles. The Balaban J connectivity index is 2.13. The van der Waals surface area contributed by atoms with Crippen molar-refractivity contribution in [1.82, 2.24) is 9.80 Å². The lowest BCUT2D eigenvalue weighted by Gasteiger charge is -2.28. The summed E-state index contributed by atoms with van der Waals surface area (Å²) < 4.78 is 0. The topological polar surface area (TPSA) is 60.9 Å². The van der Waals surface area contributed by atoms with Gasteiger partial charge >= 0.3 is 12.0 Å². The molecule has 2 aliphatic heterocycles. The number of hydrogen-bond acceptors (Lipinski definition) is 2. The highest BCUT2D eigenvalue weighted by Gasteiger charge is 2.51. The zero-order chi connectivity index (χ0) is 11.9. The second kappa shape index (κ2) is 3.96. The minimum Gasteiger partial charge on any atom is -0.481 e. The average Bonchev–Trinajstić information content (AvgIpc) is 2.83. The third-order valence-electron chi connectivity index (χ3n) is 3.88. The largest absolute Gasteiger partial charge is 0.481 e. The Morgan fingerprint density at radius 3 is 2.62 bits per heavy atom. The standard InChI is InChI=1S/C11H18N2O3/c1-3-12(2)11(16)13-7-4-5-9(13)8(6-7)10(14)15/h7-9H,3-6H2,1-2H3,(H,14,15). The first kappa shape index (κ1) is 11.2. The minimum absolute atomic E-state index is 0.0150. The summed E-state index contributed by atoms with van der Waals surface area (Å²) in [5.74, 6) is -1.11. The fourth-order valence-electron chi connectivity index (χ4n) is 2.88. The molecule has 0 aliphatic carbocycles. The van der Waals surface area contributed by atoms with Crippen LogP contribution in [0.1, 0.15) is 26.2 Å². The number of carbonyl (C=O) groups excluding carboxylic acids is 1. The summed E-state index contributed by atoms with van der Waals surface area (Å²) in [4.78, 5) is 26.6. The van der Waals surface area contributed by atoms with E-state index in [1.807, 2.05) is 6.92 Å². The molecule has 5 heteroatoms. The smallest absolute Gasteiger partial charge is 0.320 e. The quantitative estimate of drug-likeness (QED) is 0.764. The molecular weight excluding hydrogens is 208 g/mol. The van der Waals surface area contributed by atoms with Gasteiger partial charge in [0.25, 0.3) is 0 Å². The molecule has 2 bridgehead atoms. The summed E-state index contributed by atoms with van der Waals surface area (Å²) in [6, 6.07) is 0.0512. The van der Waals surface area contributed by atoms with Gasteiger partial charge in [0.1, 0.15) is 0 Å². The molecule has 0 saturated carbocycles. The molecular formula is C11H18N2O3. The average molecular weight is 226 g/mol. The van der Waals surface area contributed by atoms with Gasteiger partial charge in [-0.1, -0.05) is 0 Å². The van der Waals surface area contributed by atoms with Crippen LogP contribution < -0.4 is 0 Å². The van der Waals surface area contributed by atoms with Crippen LogP contribution in [0.25, 0.3) is 0 Å². The Morgan fingerprint density at radius 2 is 2.12 bits per heavy atom. The molecule has 2 aliphatic rings. The minimum atomic E-state index is -0.760. The van der Waals surface area contributed by atoms with E-state index in [1.54, 1.807) is 16.8 Å². The molecule has 2 fully saturated rings. The maximum absolute atomic E-state index is 12.1. The lowest BCUT2D eigenvalue weighted by Crippen LogP contribution is -2.45. The number of fused-ring (bicyclic) bond motifs is 2. The first-order valence-corrected chi connectivity index (χ1v) is 5.82. The van der Waals surface area contributed by atoms with Gasteiger partial charge in [0.05, 0.1) is 5.92 Å². The molecule has 2 saturated heterocycles. The number of aliphatic carboxylic acids is 1. The van der Waals surface area contributed by atoms with Crippen LogP contribution in [0.3, 0.4) is 0 Å². The number of amides is 2. The van der Waals surface area contributed by atoms with Crippen molar-refractivity contribution < 1.29 is 14.7 Å². The van der Waals surface area contributed by atoms with Gasteiger partial charge < -0.3 is 14.9 Å². The van der Waals surface area contributed by atoms with Crippen LogP contribution in [0.15, 0.2) is 0 Å². The van der Waals surface area contributed by atoms with E-state index in [-0.39, 0.29) is 24.0 Å². The van der Waals surface area contributed by atoms with Crippen LogP contribution in [0.2, 0.25) is 0 Å². The van der Waals surface area contributed by atoms with Crippen molar-refractivity contribution >= 4 is 12.0 Å². The Morgan fingerprint density at radius 1 is 1.44 bits per heavy atom. The van der Waals surface area contributed by atoms with Crippen LogP contribution in [0.4, 0.5) is 4.79 Å². The number of nitrogens with zero attached hydrogens (tertiary/aromatic N) is 2. The van der Waals surface area contributed by atoms with Gasteiger partial charge in [-0.05, 0) is 26.2 Å². The number of carboxylic acids is 1. The number of hydrogen-bond donors (Lipinski definition) is 1. The number of carbonyl (C=O) groups is 2. The molecule has 0 spiro atoms. The first-order valence-electron chi connectivity index (χ1n) is 5.82. The Kier molecular flexibility index (Phi) is 2.78. The highest BCUT2D eigenvalue weighted by molar-refractivity contribution is 5.79. The molecule has 16 heavy (non-hydrogen) atoms. The van der Waals surface area contributed by atoms with E-state index in [9.17, 15) is 9.59 Å². The van der Waals surface area contributed by atoms with E-state index in [4.69, 9.17) is 5.11 Å². The molecule has 0 aromatic heterocycles. The number of rotatable bonds is 2. The second-order valence-electron chi connectivity index (χ2n) is 4.68. The Labute approximate surface area is 95.0 Å². The van der Waals surface area contributed by atoms with Gasteiger partial charge in [-0.15, -0.1) is 0 Å². The highest BCUT2D eigenvalue weighted by Crippen LogP contribution is 2.42. The monoisotopic (exact) mass is 226 g/mol. The van der Waals surface area contributed by atoms with E-state index < -0.39 is 5.97 Å². The summed E-state index contributed by atoms with van der Waals surface area (Å²) >= 11 is 0. The van der Waals surface area contributed by atoms with Crippen molar-refractivity contribution in [1.29, 1.82) is 0 Å². The van der Waals surface area contributed by atoms with Gasteiger partial charge in [0, 0.05) is 25.7 Å². The number of urea groups is 1. The van der Waals surface area contributed by atoms with Crippen molar-refractivity contribution in [2.45, 2.75) is 38.3 Å². The Hall–Kier alpha value is -1.26. The van der Waals surface area contributed by atoms with Crippen LogP contribution in [-0.4, -0.2) is 52.6 Å². The zero-order valence-electron chi connectivity index (χ0n) is 9.72. The highest BCUT2D eigenvalue weighted by atomic mass is 16.4. The summed E-state index contributed by atoms with van der Waals surface area (Å²) in [6.45, 7) is 2.58. The number of carboxylic acid groups (broad SMARTS) is 1. The SMILES string of the molecule is CCN(C)C(=O)N1C2CCC1C(C(=O)O)C2. The van der Waals surface area contributed by atoms with E-state index >= 15 is 0 Å². The summed E-state index contributed by atoms with van der Waals surface area (Å²) in [5.41, 5.74) is 0. The zero-order valence-corrected chi connectivity index (χ0v) is 9.72. The summed E-state index contributed by atoms with van der Waals surface area (Å²) in [7, 11) is 1.76. The van der Waals surface area contributed by atoms with Crippen molar-refractivity contribution in [2.75, 3.05) is 13.6 Å². The molecule has 2 rings (SSSR count). The molecule has 0 aromatic carbocycles. The summed E-state index contributed by atoms with van der Waals surface area (Å²) in [6.07, 6.45) is 2.42. The Bertz CT molecular complexity index is 318. The van der Waals surface area contributed by atoms with Gasteiger partial charge in [0.15, 0.2) is 0 Å². The fourth-order valence-corrected chi connectivity index (χ4v) is 2.88. The van der Waals surface area contributed by atoms with Gasteiger partial charge in [-0.25, -0.2) is 4.79 Å². The third-order valence-corrected chi connectivity index (χ3v) is 3.88. The predicted octanol–water partition coefficient (Wildman–Crippen LogP) is 0.996. The van der Waals surface area contributed by atoms with E-state index in [1.165, 1.54) is 0 Å². The van der Waals surface area contributed by atoms with Gasteiger partial charge in [-0.2, -0.15) is 0 Å². The lowest BCUT2D eigenvalue weighted by atomic mass is 9.89. The van der Waals surface area contributed by atoms with E-state index in [0.717, 1.165) is 12.8 Å². The first-order chi connectivity index (χ1) is 7.56. The molecule has 3 unspecified atom stereocenters. The molecule has 0 radical (unpaired) electrons. The molecule has 90 valence electrons. The summed E-state index contributed by atoms with van der Waals surface area (Å²) in [5, 5.41) is 9.08. The predicted molar refractivity (Wildman–Crippen MR) is 58.1 cm³/mol. The van der Waals surface area contributed by atoms with E-state index in [0.29, 0.717) is 13.0 Å². The van der Waals surface area contributed by atoms with Crippen LogP contribution in [0.5, 0.6) is 0 Å².